The molecule has 0 bridgehead atoms. The molecule has 6 heteroatoms. The van der Waals surface area contributed by atoms with Crippen LogP contribution in [-0.4, -0.2) is 22.9 Å². The van der Waals surface area contributed by atoms with Crippen molar-refractivity contribution in [1.82, 2.24) is 4.57 Å². The lowest BCUT2D eigenvalue weighted by atomic mass is 9.96. The van der Waals surface area contributed by atoms with Crippen LogP contribution in [0.5, 0.6) is 0 Å². The molecule has 3 rings (SSSR count). The molecule has 0 radical (unpaired) electrons. The molecule has 0 amide bonds. The van der Waals surface area contributed by atoms with Gasteiger partial charge in [-0.25, -0.2) is 4.79 Å². The highest BCUT2D eigenvalue weighted by Gasteiger charge is 2.27. The smallest absolute Gasteiger partial charge is 0.355 e. The first kappa shape index (κ1) is 21.2. The molecule has 0 saturated carbocycles. The fourth-order valence-corrected chi connectivity index (χ4v) is 4.29. The number of esters is 1. The Labute approximate surface area is 180 Å². The number of benzene rings is 2. The van der Waals surface area contributed by atoms with Gasteiger partial charge < -0.3 is 9.30 Å². The summed E-state index contributed by atoms with van der Waals surface area (Å²) in [6.07, 6.45) is 0. The molecule has 0 unspecified atom stereocenters. The number of carbonyl (C=O) groups excluding carboxylic acids is 1. The summed E-state index contributed by atoms with van der Waals surface area (Å²) in [6.45, 7) is 4.02. The van der Waals surface area contributed by atoms with Gasteiger partial charge in [-0.3, -0.25) is 0 Å². The van der Waals surface area contributed by atoms with E-state index >= 15 is 0 Å². The van der Waals surface area contributed by atoms with Gasteiger partial charge in [-0.05, 0) is 35.4 Å². The molecule has 0 aliphatic carbocycles. The quantitative estimate of drug-likeness (QED) is 0.398. The van der Waals surface area contributed by atoms with Crippen molar-refractivity contribution in [3.8, 4) is 34.4 Å². The van der Waals surface area contributed by atoms with E-state index in [0.29, 0.717) is 22.4 Å². The van der Waals surface area contributed by atoms with E-state index in [1.807, 2.05) is 49.4 Å². The van der Waals surface area contributed by atoms with Crippen molar-refractivity contribution in [2.24, 2.45) is 7.05 Å². The summed E-state index contributed by atoms with van der Waals surface area (Å²) in [5.41, 5.74) is 4.50. The van der Waals surface area contributed by atoms with Gasteiger partial charge in [-0.15, -0.1) is 11.8 Å². The second kappa shape index (κ2) is 9.35. The topological polar surface area (TPSA) is 78.8 Å². The highest BCUT2D eigenvalue weighted by Crippen LogP contribution is 2.38. The van der Waals surface area contributed by atoms with E-state index in [2.05, 4.69) is 12.1 Å². The van der Waals surface area contributed by atoms with Crippen LogP contribution in [0.2, 0.25) is 0 Å². The molecule has 5 nitrogen and oxygen atoms in total. The average Bonchev–Trinajstić information content (AvgIpc) is 3.05. The molecule has 0 atom stereocenters. The van der Waals surface area contributed by atoms with Crippen LogP contribution in [0, 0.1) is 22.7 Å². The number of aromatic nitrogens is 1. The molecule has 1 aromatic heterocycles. The predicted octanol–water partition coefficient (Wildman–Crippen LogP) is 5.39. The van der Waals surface area contributed by atoms with Crippen molar-refractivity contribution in [1.29, 1.82) is 10.5 Å². The summed E-state index contributed by atoms with van der Waals surface area (Å²) < 4.78 is 7.02. The van der Waals surface area contributed by atoms with Crippen LogP contribution in [0.15, 0.2) is 53.6 Å². The maximum absolute atomic E-state index is 12.7. The minimum absolute atomic E-state index is 0.255. The van der Waals surface area contributed by atoms with Crippen LogP contribution in [0.4, 0.5) is 0 Å². The molecule has 0 aliphatic heterocycles. The fourth-order valence-electron chi connectivity index (χ4n) is 3.44. The maximum atomic E-state index is 12.7. The molecule has 0 aliphatic rings. The van der Waals surface area contributed by atoms with Gasteiger partial charge >= 0.3 is 5.97 Å². The highest BCUT2D eigenvalue weighted by atomic mass is 32.2. The molecule has 0 spiro atoms. The Bertz CT molecular complexity index is 1160. The number of hydrogen-bond acceptors (Lipinski definition) is 5. The van der Waals surface area contributed by atoms with E-state index in [-0.39, 0.29) is 6.61 Å². The van der Waals surface area contributed by atoms with Crippen molar-refractivity contribution in [3.63, 3.8) is 0 Å². The minimum atomic E-state index is -0.451. The molecular weight excluding hydrogens is 394 g/mol. The largest absolute Gasteiger partial charge is 0.461 e. The molecule has 0 fully saturated rings. The number of nitriles is 2. The third-order valence-electron chi connectivity index (χ3n) is 4.73. The number of rotatable bonds is 6. The second-order valence-corrected chi connectivity index (χ2v) is 7.72. The third kappa shape index (κ3) is 3.83. The number of thioether (sulfide) groups is 1. The lowest BCUT2D eigenvalue weighted by Crippen LogP contribution is -2.11. The minimum Gasteiger partial charge on any atom is -0.461 e. The lowest BCUT2D eigenvalue weighted by molar-refractivity contribution is 0.0515. The van der Waals surface area contributed by atoms with E-state index < -0.39 is 5.97 Å². The summed E-state index contributed by atoms with van der Waals surface area (Å²) in [5.74, 6) is 0.325. The van der Waals surface area contributed by atoms with Crippen LogP contribution in [-0.2, 0) is 11.8 Å². The molecule has 1 heterocycles. The van der Waals surface area contributed by atoms with Gasteiger partial charge in [0.1, 0.15) is 11.8 Å². The van der Waals surface area contributed by atoms with Gasteiger partial charge in [0.05, 0.1) is 28.8 Å². The Kier molecular flexibility index (Phi) is 6.61. The zero-order chi connectivity index (χ0) is 21.7. The molecule has 3 aromatic rings. The predicted molar refractivity (Wildman–Crippen MR) is 118 cm³/mol. The van der Waals surface area contributed by atoms with Crippen molar-refractivity contribution in [2.45, 2.75) is 18.9 Å². The maximum Gasteiger partial charge on any atom is 0.355 e. The Morgan fingerprint density at radius 1 is 1.03 bits per heavy atom. The van der Waals surface area contributed by atoms with Gasteiger partial charge in [0.15, 0.2) is 0 Å². The van der Waals surface area contributed by atoms with Crippen LogP contribution in [0.3, 0.4) is 0 Å². The highest BCUT2D eigenvalue weighted by molar-refractivity contribution is 7.99. The van der Waals surface area contributed by atoms with Gasteiger partial charge in [0, 0.05) is 12.6 Å². The second-order valence-electron chi connectivity index (χ2n) is 6.46. The van der Waals surface area contributed by atoms with E-state index in [4.69, 9.17) is 4.74 Å². The zero-order valence-electron chi connectivity index (χ0n) is 17.1. The monoisotopic (exact) mass is 415 g/mol. The summed E-state index contributed by atoms with van der Waals surface area (Å²) in [6, 6.07) is 19.5. The molecule has 30 heavy (non-hydrogen) atoms. The SMILES string of the molecule is CCOC(=O)c1c(-c2ccc(-c3ccccc3C#N)cc2)c(C#N)c(SCC)n1C. The van der Waals surface area contributed by atoms with E-state index in [0.717, 1.165) is 27.5 Å². The lowest BCUT2D eigenvalue weighted by Gasteiger charge is -2.09. The van der Waals surface area contributed by atoms with Crippen LogP contribution < -0.4 is 0 Å². The Hall–Kier alpha value is -3.48. The standard InChI is InChI=1S/C24H21N3O2S/c1-4-29-24(28)22-21(20(15-26)23(27(22)3)30-5-2)17-12-10-16(11-13-17)19-9-7-6-8-18(19)14-25/h6-13H,4-5H2,1-3H3. The van der Waals surface area contributed by atoms with Gasteiger partial charge in [-0.1, -0.05) is 49.4 Å². The number of carbonyl (C=O) groups is 1. The first-order valence-corrected chi connectivity index (χ1v) is 10.6. The molecule has 0 N–H and O–H groups in total. The first-order valence-electron chi connectivity index (χ1n) is 9.59. The Morgan fingerprint density at radius 3 is 2.30 bits per heavy atom. The van der Waals surface area contributed by atoms with E-state index in [9.17, 15) is 15.3 Å². The van der Waals surface area contributed by atoms with Crippen molar-refractivity contribution >= 4 is 17.7 Å². The average molecular weight is 416 g/mol. The van der Waals surface area contributed by atoms with Crippen LogP contribution >= 0.6 is 11.8 Å². The van der Waals surface area contributed by atoms with Gasteiger partial charge in [-0.2, -0.15) is 10.5 Å². The molecular formula is C24H21N3O2S. The van der Waals surface area contributed by atoms with Crippen LogP contribution in [0.1, 0.15) is 35.5 Å². The summed E-state index contributed by atoms with van der Waals surface area (Å²) >= 11 is 1.52. The van der Waals surface area contributed by atoms with Gasteiger partial charge in [0.2, 0.25) is 0 Å². The first-order chi connectivity index (χ1) is 14.6. The number of ether oxygens (including phenoxy) is 1. The van der Waals surface area contributed by atoms with E-state index in [1.54, 1.807) is 24.6 Å². The molecule has 0 saturated heterocycles. The number of hydrogen-bond donors (Lipinski definition) is 0. The Morgan fingerprint density at radius 2 is 1.70 bits per heavy atom. The summed E-state index contributed by atoms with van der Waals surface area (Å²) in [5, 5.41) is 20.0. The summed E-state index contributed by atoms with van der Waals surface area (Å²) in [7, 11) is 1.78. The van der Waals surface area contributed by atoms with Gasteiger partial charge in [0.25, 0.3) is 0 Å². The molecule has 150 valence electrons. The fraction of sp³-hybridized carbons (Fsp3) is 0.208. The van der Waals surface area contributed by atoms with Crippen molar-refractivity contribution < 1.29 is 9.53 Å². The van der Waals surface area contributed by atoms with E-state index in [1.165, 1.54) is 11.8 Å². The normalized spacial score (nSPS) is 10.3. The Balaban J connectivity index is 2.17. The number of nitrogens with zero attached hydrogens (tertiary/aromatic N) is 3. The van der Waals surface area contributed by atoms with Crippen molar-refractivity contribution in [3.05, 3.63) is 65.4 Å². The zero-order valence-corrected chi connectivity index (χ0v) is 17.9. The molecule has 2 aromatic carbocycles. The third-order valence-corrected chi connectivity index (χ3v) is 5.77. The summed E-state index contributed by atoms with van der Waals surface area (Å²) in [4.78, 5) is 12.7. The van der Waals surface area contributed by atoms with Crippen LogP contribution in [0.25, 0.3) is 22.3 Å². The van der Waals surface area contributed by atoms with Crippen molar-refractivity contribution in [2.75, 3.05) is 12.4 Å².